The molecule has 0 heterocycles. The van der Waals surface area contributed by atoms with E-state index in [-0.39, 0.29) is 0 Å². The molecule has 1 N–H and O–H groups in total. The van der Waals surface area contributed by atoms with Gasteiger partial charge in [-0.05, 0) is 25.0 Å². The molecule has 1 atom stereocenters. The summed E-state index contributed by atoms with van der Waals surface area (Å²) >= 11 is 0. The maximum absolute atomic E-state index is 10.8. The topological polar surface area (TPSA) is 29.5 Å². The standard InChI is InChI=1S/C18H22O2/c1-3-13-20-17-12-8-7-11-16(17)18(2,19)14-15-9-5-4-6-10-15/h4-12,19H,3,13-14H2,1-2H3. The van der Waals surface area contributed by atoms with Crippen molar-refractivity contribution in [2.75, 3.05) is 6.61 Å². The van der Waals surface area contributed by atoms with Gasteiger partial charge in [0.2, 0.25) is 0 Å². The molecule has 0 spiro atoms. The van der Waals surface area contributed by atoms with Crippen LogP contribution in [0.4, 0.5) is 0 Å². The van der Waals surface area contributed by atoms with Gasteiger partial charge in [0.15, 0.2) is 0 Å². The zero-order valence-electron chi connectivity index (χ0n) is 12.2. The second-order valence-electron chi connectivity index (χ2n) is 5.28. The molecule has 0 fully saturated rings. The summed E-state index contributed by atoms with van der Waals surface area (Å²) in [5.41, 5.74) is 1.02. The minimum absolute atomic E-state index is 0.570. The Morgan fingerprint density at radius 1 is 1.00 bits per heavy atom. The maximum atomic E-state index is 10.8. The number of aliphatic hydroxyl groups is 1. The normalized spacial score (nSPS) is 13.8. The monoisotopic (exact) mass is 270 g/mol. The maximum Gasteiger partial charge on any atom is 0.125 e. The summed E-state index contributed by atoms with van der Waals surface area (Å²) in [6.45, 7) is 4.58. The molecule has 2 aromatic carbocycles. The molecule has 0 aliphatic carbocycles. The molecule has 0 aromatic heterocycles. The predicted octanol–water partition coefficient (Wildman–Crippen LogP) is 3.93. The van der Waals surface area contributed by atoms with Gasteiger partial charge in [-0.2, -0.15) is 0 Å². The first kappa shape index (κ1) is 14.6. The molecule has 20 heavy (non-hydrogen) atoms. The third kappa shape index (κ3) is 3.61. The minimum atomic E-state index is -0.939. The second kappa shape index (κ2) is 6.58. The summed E-state index contributed by atoms with van der Waals surface area (Å²) in [5, 5.41) is 10.8. The summed E-state index contributed by atoms with van der Waals surface area (Å²) in [6, 6.07) is 17.8. The van der Waals surface area contributed by atoms with Crippen LogP contribution in [0.3, 0.4) is 0 Å². The molecule has 1 unspecified atom stereocenters. The van der Waals surface area contributed by atoms with Gasteiger partial charge in [-0.3, -0.25) is 0 Å². The Bertz CT molecular complexity index is 532. The zero-order valence-corrected chi connectivity index (χ0v) is 12.2. The van der Waals surface area contributed by atoms with Gasteiger partial charge in [0.1, 0.15) is 5.75 Å². The smallest absolute Gasteiger partial charge is 0.125 e. The molecule has 0 saturated carbocycles. The first-order chi connectivity index (χ1) is 9.63. The van der Waals surface area contributed by atoms with Crippen LogP contribution in [0.1, 0.15) is 31.4 Å². The molecule has 0 amide bonds. The van der Waals surface area contributed by atoms with Crippen molar-refractivity contribution in [3.8, 4) is 5.75 Å². The second-order valence-corrected chi connectivity index (χ2v) is 5.28. The van der Waals surface area contributed by atoms with Crippen LogP contribution >= 0.6 is 0 Å². The first-order valence-corrected chi connectivity index (χ1v) is 7.12. The first-order valence-electron chi connectivity index (χ1n) is 7.12. The third-order valence-electron chi connectivity index (χ3n) is 3.32. The lowest BCUT2D eigenvalue weighted by Gasteiger charge is -2.26. The molecule has 0 bridgehead atoms. The van der Waals surface area contributed by atoms with Gasteiger partial charge in [0.05, 0.1) is 12.2 Å². The van der Waals surface area contributed by atoms with Crippen molar-refractivity contribution >= 4 is 0 Å². The summed E-state index contributed by atoms with van der Waals surface area (Å²) in [4.78, 5) is 0. The quantitative estimate of drug-likeness (QED) is 0.862. The van der Waals surface area contributed by atoms with E-state index in [2.05, 4.69) is 6.92 Å². The summed E-state index contributed by atoms with van der Waals surface area (Å²) in [6.07, 6.45) is 1.52. The van der Waals surface area contributed by atoms with Crippen LogP contribution in [0.25, 0.3) is 0 Å². The van der Waals surface area contributed by atoms with Gasteiger partial charge in [-0.25, -0.2) is 0 Å². The predicted molar refractivity (Wildman–Crippen MR) is 81.9 cm³/mol. The van der Waals surface area contributed by atoms with Gasteiger partial charge in [-0.15, -0.1) is 0 Å². The van der Waals surface area contributed by atoms with Crippen molar-refractivity contribution < 1.29 is 9.84 Å². The largest absolute Gasteiger partial charge is 0.493 e. The summed E-state index contributed by atoms with van der Waals surface area (Å²) in [5.74, 6) is 0.773. The van der Waals surface area contributed by atoms with Crippen LogP contribution in [-0.2, 0) is 12.0 Å². The van der Waals surface area contributed by atoms with Gasteiger partial charge in [0, 0.05) is 12.0 Å². The number of hydrogen-bond acceptors (Lipinski definition) is 2. The third-order valence-corrected chi connectivity index (χ3v) is 3.32. The molecule has 106 valence electrons. The summed E-state index contributed by atoms with van der Waals surface area (Å²) in [7, 11) is 0. The Hall–Kier alpha value is -1.80. The van der Waals surface area contributed by atoms with Crippen molar-refractivity contribution in [1.29, 1.82) is 0 Å². The molecule has 0 aliphatic heterocycles. The number of rotatable bonds is 6. The van der Waals surface area contributed by atoms with E-state index in [1.54, 1.807) is 0 Å². The van der Waals surface area contributed by atoms with E-state index in [9.17, 15) is 5.11 Å². The van der Waals surface area contributed by atoms with Crippen LogP contribution in [-0.4, -0.2) is 11.7 Å². The van der Waals surface area contributed by atoms with Crippen LogP contribution in [0.15, 0.2) is 54.6 Å². The van der Waals surface area contributed by atoms with E-state index in [1.165, 1.54) is 0 Å². The van der Waals surface area contributed by atoms with E-state index in [4.69, 9.17) is 4.74 Å². The lowest BCUT2D eigenvalue weighted by atomic mass is 9.88. The molecule has 0 aliphatic rings. The van der Waals surface area contributed by atoms with E-state index >= 15 is 0 Å². The Balaban J connectivity index is 2.24. The molecule has 0 saturated heterocycles. The highest BCUT2D eigenvalue weighted by molar-refractivity contribution is 5.38. The van der Waals surface area contributed by atoms with E-state index in [0.717, 1.165) is 23.3 Å². The van der Waals surface area contributed by atoms with Crippen molar-refractivity contribution in [2.45, 2.75) is 32.3 Å². The van der Waals surface area contributed by atoms with E-state index in [0.29, 0.717) is 13.0 Å². The minimum Gasteiger partial charge on any atom is -0.493 e. The highest BCUT2D eigenvalue weighted by Gasteiger charge is 2.26. The molecule has 2 nitrogen and oxygen atoms in total. The van der Waals surface area contributed by atoms with Crippen molar-refractivity contribution in [1.82, 2.24) is 0 Å². The SMILES string of the molecule is CCCOc1ccccc1C(C)(O)Cc1ccccc1. The molecular formula is C18H22O2. The molecule has 0 radical (unpaired) electrons. The van der Waals surface area contributed by atoms with Gasteiger partial charge in [-0.1, -0.05) is 55.5 Å². The zero-order chi connectivity index (χ0) is 14.4. The molecular weight excluding hydrogens is 248 g/mol. The Labute approximate surface area is 121 Å². The van der Waals surface area contributed by atoms with Crippen LogP contribution in [0, 0.1) is 0 Å². The number of ether oxygens (including phenoxy) is 1. The molecule has 2 heteroatoms. The fourth-order valence-electron chi connectivity index (χ4n) is 2.34. The van der Waals surface area contributed by atoms with Crippen molar-refractivity contribution in [2.24, 2.45) is 0 Å². The van der Waals surface area contributed by atoms with Gasteiger partial charge < -0.3 is 9.84 Å². The van der Waals surface area contributed by atoms with Crippen LogP contribution in [0.5, 0.6) is 5.75 Å². The fourth-order valence-corrected chi connectivity index (χ4v) is 2.34. The Morgan fingerprint density at radius 2 is 1.65 bits per heavy atom. The molecule has 2 rings (SSSR count). The highest BCUT2D eigenvalue weighted by atomic mass is 16.5. The summed E-state index contributed by atoms with van der Waals surface area (Å²) < 4.78 is 5.75. The lowest BCUT2D eigenvalue weighted by Crippen LogP contribution is -2.25. The highest BCUT2D eigenvalue weighted by Crippen LogP contribution is 2.32. The van der Waals surface area contributed by atoms with Crippen molar-refractivity contribution in [3.63, 3.8) is 0 Å². The van der Waals surface area contributed by atoms with Gasteiger partial charge in [0.25, 0.3) is 0 Å². The number of benzene rings is 2. The van der Waals surface area contributed by atoms with E-state index in [1.807, 2.05) is 61.5 Å². The lowest BCUT2D eigenvalue weighted by molar-refractivity contribution is 0.0542. The number of para-hydroxylation sites is 1. The Kier molecular flexibility index (Phi) is 4.80. The Morgan fingerprint density at radius 3 is 2.35 bits per heavy atom. The fraction of sp³-hybridized carbons (Fsp3) is 0.333. The van der Waals surface area contributed by atoms with Crippen molar-refractivity contribution in [3.05, 3.63) is 65.7 Å². The average Bonchev–Trinajstić information content (AvgIpc) is 2.46. The number of hydrogen-bond donors (Lipinski definition) is 1. The van der Waals surface area contributed by atoms with E-state index < -0.39 is 5.60 Å². The van der Waals surface area contributed by atoms with Crippen LogP contribution in [0.2, 0.25) is 0 Å². The van der Waals surface area contributed by atoms with Crippen LogP contribution < -0.4 is 4.74 Å². The average molecular weight is 270 g/mol. The van der Waals surface area contributed by atoms with Gasteiger partial charge >= 0.3 is 0 Å². The molecule has 2 aromatic rings.